The van der Waals surface area contributed by atoms with Crippen LogP contribution >= 0.6 is 11.3 Å². The lowest BCUT2D eigenvalue weighted by atomic mass is 10.2. The highest BCUT2D eigenvalue weighted by molar-refractivity contribution is 7.10. The Balaban J connectivity index is 1.58. The summed E-state index contributed by atoms with van der Waals surface area (Å²) in [5.74, 6) is 0.114. The molecule has 124 valence electrons. The van der Waals surface area contributed by atoms with Gasteiger partial charge in [-0.2, -0.15) is 0 Å². The fourth-order valence-corrected chi connectivity index (χ4v) is 3.97. The maximum atomic E-state index is 12.6. The predicted molar refractivity (Wildman–Crippen MR) is 91.0 cm³/mol. The number of hydrogen-bond donors (Lipinski definition) is 0. The molecular weight excluding hydrogens is 326 g/mol. The lowest BCUT2D eigenvalue weighted by Crippen LogP contribution is -2.32. The molecule has 8 heteroatoms. The maximum Gasteiger partial charge on any atom is 0.330 e. The van der Waals surface area contributed by atoms with Gasteiger partial charge >= 0.3 is 5.69 Å². The van der Waals surface area contributed by atoms with Crippen LogP contribution in [-0.2, 0) is 18.3 Å². The van der Waals surface area contributed by atoms with Crippen LogP contribution in [0.5, 0.6) is 0 Å². The first-order chi connectivity index (χ1) is 11.6. The number of aromatic nitrogens is 4. The number of imidazole rings is 1. The van der Waals surface area contributed by atoms with Crippen LogP contribution in [0.1, 0.15) is 17.3 Å². The fourth-order valence-electron chi connectivity index (χ4n) is 3.28. The van der Waals surface area contributed by atoms with E-state index >= 15 is 0 Å². The first kappa shape index (κ1) is 15.1. The highest BCUT2D eigenvalue weighted by Gasteiger charge is 2.30. The van der Waals surface area contributed by atoms with Gasteiger partial charge in [0.25, 0.3) is 0 Å². The van der Waals surface area contributed by atoms with Crippen molar-refractivity contribution in [1.29, 1.82) is 0 Å². The number of thiophene rings is 1. The van der Waals surface area contributed by atoms with Gasteiger partial charge in [-0.25, -0.2) is 14.8 Å². The highest BCUT2D eigenvalue weighted by Crippen LogP contribution is 2.24. The number of aryl methyl sites for hydroxylation is 1. The molecule has 0 radical (unpaired) electrons. The summed E-state index contributed by atoms with van der Waals surface area (Å²) in [6.07, 6.45) is 4.29. The molecule has 4 rings (SSSR count). The summed E-state index contributed by atoms with van der Waals surface area (Å²) in [6.45, 7) is 1.22. The summed E-state index contributed by atoms with van der Waals surface area (Å²) in [5, 5.41) is 1.98. The van der Waals surface area contributed by atoms with Crippen LogP contribution in [0.4, 0.5) is 0 Å². The summed E-state index contributed by atoms with van der Waals surface area (Å²) < 4.78 is 3.26. The van der Waals surface area contributed by atoms with E-state index in [1.54, 1.807) is 33.7 Å². The molecule has 1 atom stereocenters. The second-order valence-electron chi connectivity index (χ2n) is 5.98. The van der Waals surface area contributed by atoms with Gasteiger partial charge in [0.05, 0.1) is 18.7 Å². The average molecular weight is 343 g/mol. The molecule has 3 aromatic rings. The Labute approximate surface area is 142 Å². The minimum absolute atomic E-state index is 0.0385. The Kier molecular flexibility index (Phi) is 3.68. The highest BCUT2D eigenvalue weighted by atomic mass is 32.1. The fraction of sp³-hybridized carbons (Fsp3) is 0.375. The number of amides is 1. The summed E-state index contributed by atoms with van der Waals surface area (Å²) in [6, 6.07) is 3.89. The van der Waals surface area contributed by atoms with Gasteiger partial charge in [0, 0.05) is 25.0 Å². The molecule has 24 heavy (non-hydrogen) atoms. The molecule has 3 aromatic heterocycles. The van der Waals surface area contributed by atoms with Crippen LogP contribution < -0.4 is 5.69 Å². The van der Waals surface area contributed by atoms with Crippen molar-refractivity contribution in [3.8, 4) is 0 Å². The van der Waals surface area contributed by atoms with Gasteiger partial charge in [0.2, 0.25) is 5.91 Å². The van der Waals surface area contributed by atoms with Crippen molar-refractivity contribution in [2.45, 2.75) is 18.9 Å². The Bertz CT molecular complexity index is 943. The van der Waals surface area contributed by atoms with Crippen molar-refractivity contribution in [3.63, 3.8) is 0 Å². The molecule has 4 heterocycles. The number of carbonyl (C=O) groups excluding carboxylic acids is 1. The zero-order valence-electron chi connectivity index (χ0n) is 13.3. The van der Waals surface area contributed by atoms with Gasteiger partial charge in [0.15, 0.2) is 5.65 Å². The summed E-state index contributed by atoms with van der Waals surface area (Å²) in [4.78, 5) is 36.2. The molecule has 0 spiro atoms. The van der Waals surface area contributed by atoms with E-state index in [9.17, 15) is 9.59 Å². The van der Waals surface area contributed by atoms with Gasteiger partial charge in [0.1, 0.15) is 11.8 Å². The standard InChI is InChI=1S/C16H17N5O2S/c1-19-13-8-17-10-18-15(13)21(16(19)23)11-4-5-20(9-11)14(22)7-12-3-2-6-24-12/h2-3,6,8,10-11H,4-5,7,9H2,1H3/t11-/m0/s1. The minimum atomic E-state index is -0.108. The second kappa shape index (κ2) is 5.86. The number of carbonyl (C=O) groups is 1. The van der Waals surface area contributed by atoms with Gasteiger partial charge in [-0.1, -0.05) is 6.07 Å². The van der Waals surface area contributed by atoms with Crippen LogP contribution in [-0.4, -0.2) is 43.0 Å². The lowest BCUT2D eigenvalue weighted by Gasteiger charge is -2.16. The molecule has 1 fully saturated rings. The van der Waals surface area contributed by atoms with Crippen molar-refractivity contribution >= 4 is 28.4 Å². The third kappa shape index (κ3) is 2.43. The number of fused-ring (bicyclic) bond motifs is 1. The van der Waals surface area contributed by atoms with E-state index in [4.69, 9.17) is 0 Å². The van der Waals surface area contributed by atoms with Crippen LogP contribution in [0.25, 0.3) is 11.2 Å². The van der Waals surface area contributed by atoms with Crippen LogP contribution in [0.15, 0.2) is 34.8 Å². The van der Waals surface area contributed by atoms with Gasteiger partial charge < -0.3 is 4.90 Å². The van der Waals surface area contributed by atoms with E-state index < -0.39 is 0 Å². The smallest absolute Gasteiger partial charge is 0.330 e. The summed E-state index contributed by atoms with van der Waals surface area (Å²) in [7, 11) is 1.72. The van der Waals surface area contributed by atoms with E-state index in [0.29, 0.717) is 30.7 Å². The van der Waals surface area contributed by atoms with Crippen molar-refractivity contribution in [3.05, 3.63) is 45.4 Å². The monoisotopic (exact) mass is 343 g/mol. The van der Waals surface area contributed by atoms with E-state index in [1.807, 2.05) is 22.4 Å². The van der Waals surface area contributed by atoms with Crippen LogP contribution in [0, 0.1) is 0 Å². The van der Waals surface area contributed by atoms with Crippen molar-refractivity contribution in [2.75, 3.05) is 13.1 Å². The zero-order chi connectivity index (χ0) is 16.7. The molecule has 0 saturated carbocycles. The van der Waals surface area contributed by atoms with Gasteiger partial charge in [-0.15, -0.1) is 11.3 Å². The average Bonchev–Trinajstić information content (AvgIpc) is 3.30. The normalized spacial score (nSPS) is 17.7. The van der Waals surface area contributed by atoms with Gasteiger partial charge in [-0.3, -0.25) is 13.9 Å². The third-order valence-corrected chi connectivity index (χ3v) is 5.42. The number of rotatable bonds is 3. The number of hydrogen-bond acceptors (Lipinski definition) is 5. The predicted octanol–water partition coefficient (Wildman–Crippen LogP) is 1.21. The molecule has 1 saturated heterocycles. The summed E-state index contributed by atoms with van der Waals surface area (Å²) in [5.41, 5.74) is 1.24. The summed E-state index contributed by atoms with van der Waals surface area (Å²) >= 11 is 1.59. The Morgan fingerprint density at radius 3 is 3.12 bits per heavy atom. The van der Waals surface area contributed by atoms with Crippen LogP contribution in [0.2, 0.25) is 0 Å². The molecule has 0 aliphatic carbocycles. The van der Waals surface area contributed by atoms with E-state index in [-0.39, 0.29) is 17.6 Å². The van der Waals surface area contributed by atoms with E-state index in [0.717, 1.165) is 11.3 Å². The quantitative estimate of drug-likeness (QED) is 0.716. The van der Waals surface area contributed by atoms with Gasteiger partial charge in [-0.05, 0) is 17.9 Å². The first-order valence-electron chi connectivity index (χ1n) is 7.82. The Hall–Kier alpha value is -2.48. The van der Waals surface area contributed by atoms with Crippen molar-refractivity contribution < 1.29 is 4.79 Å². The number of likely N-dealkylation sites (tertiary alicyclic amines) is 1. The molecule has 7 nitrogen and oxygen atoms in total. The molecule has 1 aliphatic heterocycles. The number of nitrogens with zero attached hydrogens (tertiary/aromatic N) is 5. The SMILES string of the molecule is Cn1c(=O)n([C@H]2CCN(C(=O)Cc3cccs3)C2)c2ncncc21. The van der Waals surface area contributed by atoms with E-state index in [1.165, 1.54) is 6.33 Å². The molecular formula is C16H17N5O2S. The van der Waals surface area contributed by atoms with E-state index in [2.05, 4.69) is 9.97 Å². The largest absolute Gasteiger partial charge is 0.340 e. The second-order valence-corrected chi connectivity index (χ2v) is 7.01. The molecule has 0 N–H and O–H groups in total. The molecule has 1 aliphatic rings. The Morgan fingerprint density at radius 2 is 2.33 bits per heavy atom. The van der Waals surface area contributed by atoms with Crippen molar-refractivity contribution in [2.24, 2.45) is 7.05 Å². The Morgan fingerprint density at radius 1 is 1.46 bits per heavy atom. The van der Waals surface area contributed by atoms with Crippen LogP contribution in [0.3, 0.4) is 0 Å². The first-order valence-corrected chi connectivity index (χ1v) is 8.70. The molecule has 0 unspecified atom stereocenters. The lowest BCUT2D eigenvalue weighted by molar-refractivity contribution is -0.129. The molecule has 0 bridgehead atoms. The third-order valence-electron chi connectivity index (χ3n) is 4.54. The van der Waals surface area contributed by atoms with Crippen molar-refractivity contribution in [1.82, 2.24) is 24.0 Å². The zero-order valence-corrected chi connectivity index (χ0v) is 14.1. The topological polar surface area (TPSA) is 73.0 Å². The molecule has 0 aromatic carbocycles. The minimum Gasteiger partial charge on any atom is -0.340 e. The maximum absolute atomic E-state index is 12.6. The molecule has 1 amide bonds.